The maximum Gasteiger partial charge on any atom is 0.259 e. The molecule has 0 aliphatic rings. The van der Waals surface area contributed by atoms with Crippen molar-refractivity contribution in [3.63, 3.8) is 0 Å². The van der Waals surface area contributed by atoms with Crippen LogP contribution in [0.1, 0.15) is 10.4 Å². The van der Waals surface area contributed by atoms with Crippen LogP contribution in [0.5, 0.6) is 0 Å². The average molecular weight is 297 g/mol. The first-order chi connectivity index (χ1) is 6.81. The normalized spacial score (nSPS) is 10.1. The van der Waals surface area contributed by atoms with E-state index >= 15 is 0 Å². The fourth-order valence-electron chi connectivity index (χ4n) is 1.39. The maximum atomic E-state index is 11.3. The van der Waals surface area contributed by atoms with Gasteiger partial charge in [0, 0.05) is 5.56 Å². The van der Waals surface area contributed by atoms with Crippen LogP contribution in [0.25, 0.3) is 10.8 Å². The lowest BCUT2D eigenvalue weighted by molar-refractivity contribution is 0.0990. The van der Waals surface area contributed by atoms with Gasteiger partial charge in [-0.3, -0.25) is 8.32 Å². The summed E-state index contributed by atoms with van der Waals surface area (Å²) in [6, 6.07) is 13.7. The topological polar surface area (TPSA) is 29.1 Å². The van der Waals surface area contributed by atoms with Gasteiger partial charge in [-0.2, -0.15) is 0 Å². The largest absolute Gasteiger partial charge is 0.295 e. The zero-order chi connectivity index (χ0) is 9.97. The van der Waals surface area contributed by atoms with Crippen molar-refractivity contribution in [1.82, 2.24) is 3.53 Å². The quantitative estimate of drug-likeness (QED) is 0.636. The van der Waals surface area contributed by atoms with Gasteiger partial charge in [0.2, 0.25) is 0 Å². The third kappa shape index (κ3) is 1.72. The highest BCUT2D eigenvalue weighted by molar-refractivity contribution is 14.1. The summed E-state index contributed by atoms with van der Waals surface area (Å²) in [7, 11) is 0. The summed E-state index contributed by atoms with van der Waals surface area (Å²) < 4.78 is 2.58. The zero-order valence-electron chi connectivity index (χ0n) is 7.33. The van der Waals surface area contributed by atoms with Gasteiger partial charge in [0.1, 0.15) is 0 Å². The first-order valence-electron chi connectivity index (χ1n) is 4.21. The number of carbonyl (C=O) groups excluding carboxylic acids is 1. The van der Waals surface area contributed by atoms with Gasteiger partial charge in [-0.15, -0.1) is 0 Å². The Morgan fingerprint density at radius 2 is 1.79 bits per heavy atom. The minimum Gasteiger partial charge on any atom is -0.295 e. The van der Waals surface area contributed by atoms with Crippen molar-refractivity contribution in [3.05, 3.63) is 48.0 Å². The molecular weight excluding hydrogens is 289 g/mol. The molecule has 0 saturated carbocycles. The molecule has 0 spiro atoms. The van der Waals surface area contributed by atoms with Crippen LogP contribution < -0.4 is 3.53 Å². The van der Waals surface area contributed by atoms with Crippen LogP contribution in [-0.4, -0.2) is 5.91 Å². The second-order valence-electron chi connectivity index (χ2n) is 2.99. The molecule has 0 heterocycles. The summed E-state index contributed by atoms with van der Waals surface area (Å²) in [4.78, 5) is 11.3. The average Bonchev–Trinajstić information content (AvgIpc) is 2.27. The molecule has 0 fully saturated rings. The van der Waals surface area contributed by atoms with E-state index in [0.717, 1.165) is 10.8 Å². The molecule has 0 radical (unpaired) electrons. The van der Waals surface area contributed by atoms with E-state index in [4.69, 9.17) is 0 Å². The molecule has 0 aromatic heterocycles. The van der Waals surface area contributed by atoms with Crippen LogP contribution in [0.4, 0.5) is 0 Å². The summed E-state index contributed by atoms with van der Waals surface area (Å²) in [6.07, 6.45) is 0. The molecule has 14 heavy (non-hydrogen) atoms. The first-order valence-corrected chi connectivity index (χ1v) is 5.29. The van der Waals surface area contributed by atoms with E-state index in [1.165, 1.54) is 0 Å². The Bertz CT molecular complexity index is 481. The van der Waals surface area contributed by atoms with Gasteiger partial charge in [0.15, 0.2) is 0 Å². The number of nitrogens with one attached hydrogen (secondary N) is 1. The van der Waals surface area contributed by atoms with E-state index in [2.05, 4.69) is 3.53 Å². The van der Waals surface area contributed by atoms with Crippen LogP contribution in [-0.2, 0) is 0 Å². The molecule has 3 heteroatoms. The molecule has 0 unspecified atom stereocenters. The Hall–Kier alpha value is -1.10. The summed E-state index contributed by atoms with van der Waals surface area (Å²) >= 11 is 1.84. The molecule has 0 aliphatic heterocycles. The summed E-state index contributed by atoms with van der Waals surface area (Å²) in [5, 5.41) is 2.24. The van der Waals surface area contributed by atoms with Crippen LogP contribution in [0.2, 0.25) is 0 Å². The van der Waals surface area contributed by atoms with E-state index in [1.807, 2.05) is 65.3 Å². The summed E-state index contributed by atoms with van der Waals surface area (Å²) in [5.74, 6) is -0.0589. The minimum absolute atomic E-state index is 0.0589. The van der Waals surface area contributed by atoms with Gasteiger partial charge in [0.05, 0.1) is 22.9 Å². The van der Waals surface area contributed by atoms with Crippen molar-refractivity contribution in [2.75, 3.05) is 0 Å². The number of benzene rings is 2. The molecule has 2 aromatic carbocycles. The smallest absolute Gasteiger partial charge is 0.259 e. The SMILES string of the molecule is O=C(NI)c1ccc2ccccc2c1. The van der Waals surface area contributed by atoms with Crippen LogP contribution in [0, 0.1) is 0 Å². The lowest BCUT2D eigenvalue weighted by Gasteiger charge is -2.00. The first kappa shape index (κ1) is 9.45. The molecule has 2 aromatic rings. The van der Waals surface area contributed by atoms with Crippen LogP contribution >= 0.6 is 22.9 Å². The van der Waals surface area contributed by atoms with E-state index in [9.17, 15) is 4.79 Å². The maximum absolute atomic E-state index is 11.3. The Balaban J connectivity index is 2.56. The van der Waals surface area contributed by atoms with E-state index < -0.39 is 0 Å². The van der Waals surface area contributed by atoms with Gasteiger partial charge in [-0.05, 0) is 22.9 Å². The van der Waals surface area contributed by atoms with Crippen molar-refractivity contribution in [1.29, 1.82) is 0 Å². The van der Waals surface area contributed by atoms with Crippen molar-refractivity contribution < 1.29 is 4.79 Å². The number of halogens is 1. The molecule has 1 N–H and O–H groups in total. The predicted molar refractivity (Wildman–Crippen MR) is 65.4 cm³/mol. The lowest BCUT2D eigenvalue weighted by atomic mass is 10.1. The minimum atomic E-state index is -0.0589. The fourth-order valence-corrected chi connectivity index (χ4v) is 1.70. The van der Waals surface area contributed by atoms with E-state index in [1.54, 1.807) is 0 Å². The van der Waals surface area contributed by atoms with E-state index in [-0.39, 0.29) is 5.91 Å². The number of hydrogen-bond donors (Lipinski definition) is 1. The Morgan fingerprint density at radius 3 is 2.50 bits per heavy atom. The summed E-state index contributed by atoms with van der Waals surface area (Å²) in [6.45, 7) is 0. The Morgan fingerprint density at radius 1 is 1.07 bits per heavy atom. The summed E-state index contributed by atoms with van der Waals surface area (Å²) in [5.41, 5.74) is 0.693. The Kier molecular flexibility index (Phi) is 2.67. The molecule has 0 aliphatic carbocycles. The number of fused-ring (bicyclic) bond motifs is 1. The van der Waals surface area contributed by atoms with Gasteiger partial charge in [0.25, 0.3) is 5.91 Å². The van der Waals surface area contributed by atoms with E-state index in [0.29, 0.717) is 5.56 Å². The van der Waals surface area contributed by atoms with Crippen molar-refractivity contribution >= 4 is 39.5 Å². The highest BCUT2D eigenvalue weighted by atomic mass is 127. The Labute approximate surface area is 95.8 Å². The van der Waals surface area contributed by atoms with Crippen LogP contribution in [0.15, 0.2) is 42.5 Å². The van der Waals surface area contributed by atoms with Crippen molar-refractivity contribution in [2.45, 2.75) is 0 Å². The number of rotatable bonds is 1. The molecule has 0 bridgehead atoms. The van der Waals surface area contributed by atoms with Gasteiger partial charge in [-0.25, -0.2) is 0 Å². The van der Waals surface area contributed by atoms with Crippen molar-refractivity contribution in [2.24, 2.45) is 0 Å². The second kappa shape index (κ2) is 3.96. The monoisotopic (exact) mass is 297 g/mol. The molecule has 2 nitrogen and oxygen atoms in total. The molecule has 70 valence electrons. The lowest BCUT2D eigenvalue weighted by Crippen LogP contribution is -2.11. The van der Waals surface area contributed by atoms with Crippen LogP contribution in [0.3, 0.4) is 0 Å². The number of hydrogen-bond acceptors (Lipinski definition) is 1. The third-order valence-electron chi connectivity index (χ3n) is 2.10. The molecule has 0 atom stereocenters. The highest BCUT2D eigenvalue weighted by Crippen LogP contribution is 2.15. The third-order valence-corrected chi connectivity index (χ3v) is 2.59. The molecular formula is C11H8INO. The molecule has 2 rings (SSSR count). The van der Waals surface area contributed by atoms with Gasteiger partial charge >= 0.3 is 0 Å². The standard InChI is InChI=1S/C11H8INO/c12-13-11(14)10-6-5-8-3-1-2-4-9(8)7-10/h1-7H,(H,13,14). The fraction of sp³-hybridized carbons (Fsp3) is 0. The van der Waals surface area contributed by atoms with Gasteiger partial charge in [-0.1, -0.05) is 30.3 Å². The van der Waals surface area contributed by atoms with Crippen molar-refractivity contribution in [3.8, 4) is 0 Å². The molecule has 0 saturated heterocycles. The number of amides is 1. The zero-order valence-corrected chi connectivity index (χ0v) is 9.49. The predicted octanol–water partition coefficient (Wildman–Crippen LogP) is 2.92. The number of carbonyl (C=O) groups is 1. The van der Waals surface area contributed by atoms with Gasteiger partial charge < -0.3 is 0 Å². The highest BCUT2D eigenvalue weighted by Gasteiger charge is 2.03. The second-order valence-corrected chi connectivity index (χ2v) is 3.52. The molecule has 1 amide bonds.